The number of rotatable bonds is 8. The summed E-state index contributed by atoms with van der Waals surface area (Å²) in [6, 6.07) is 15.2. The first-order valence-corrected chi connectivity index (χ1v) is 17.6. The molecule has 13 heteroatoms. The molecular weight excluding hydrogens is 656 g/mol. The fourth-order valence-electron chi connectivity index (χ4n) is 6.45. The zero-order valence-electron chi connectivity index (χ0n) is 29.7. The molecule has 3 aliphatic heterocycles. The van der Waals surface area contributed by atoms with E-state index in [0.717, 1.165) is 36.3 Å². The van der Waals surface area contributed by atoms with Crippen LogP contribution in [0.4, 0.5) is 16.2 Å². The predicted molar refractivity (Wildman–Crippen MR) is 191 cm³/mol. The number of aliphatic hydroxyl groups excluding tert-OH is 1. The molecule has 0 aromatic heterocycles. The molecule has 4 atom stereocenters. The summed E-state index contributed by atoms with van der Waals surface area (Å²) in [5.41, 5.74) is 2.33. The van der Waals surface area contributed by atoms with E-state index in [1.165, 1.54) is 0 Å². The van der Waals surface area contributed by atoms with Crippen molar-refractivity contribution in [2.45, 2.75) is 64.8 Å². The Morgan fingerprint density at radius 3 is 2.27 bits per heavy atom. The minimum absolute atomic E-state index is 0.0813. The normalized spacial score (nSPS) is 21.0. The van der Waals surface area contributed by atoms with Gasteiger partial charge in [0.25, 0.3) is 5.91 Å². The highest BCUT2D eigenvalue weighted by molar-refractivity contribution is 6.02. The first-order chi connectivity index (χ1) is 24.7. The Morgan fingerprint density at radius 1 is 0.902 bits per heavy atom. The first kappa shape index (κ1) is 36.1. The predicted octanol–water partition coefficient (Wildman–Crippen LogP) is 5.72. The minimum Gasteiger partial charge on any atom is -0.490 e. The molecule has 0 saturated carbocycles. The van der Waals surface area contributed by atoms with E-state index in [-0.39, 0.29) is 44.2 Å². The highest BCUT2D eigenvalue weighted by Crippen LogP contribution is 2.35. The number of fused-ring (bicyclic) bond motifs is 3. The second kappa shape index (κ2) is 16.5. The fraction of sp³-hybridized carbons (Fsp3) is 0.474. The summed E-state index contributed by atoms with van der Waals surface area (Å²) in [5, 5.41) is 15.9. The lowest BCUT2D eigenvalue weighted by Crippen LogP contribution is -2.47. The van der Waals surface area contributed by atoms with Gasteiger partial charge in [0.05, 0.1) is 30.4 Å². The van der Waals surface area contributed by atoms with Crippen LogP contribution in [0.2, 0.25) is 0 Å². The third kappa shape index (κ3) is 9.15. The number of aliphatic hydroxyl groups is 1. The zero-order chi connectivity index (χ0) is 35.9. The molecule has 274 valence electrons. The number of ether oxygens (including phenoxy) is 6. The number of amides is 3. The Bertz CT molecular complexity index is 1690. The van der Waals surface area contributed by atoms with Gasteiger partial charge < -0.3 is 49.1 Å². The van der Waals surface area contributed by atoms with E-state index in [1.54, 1.807) is 41.3 Å². The van der Waals surface area contributed by atoms with Crippen LogP contribution in [-0.2, 0) is 11.3 Å². The second-order valence-corrected chi connectivity index (χ2v) is 13.5. The number of nitrogens with one attached hydrogen (secondary N) is 2. The first-order valence-electron chi connectivity index (χ1n) is 17.6. The molecular formula is C38H48N4O9. The molecule has 3 heterocycles. The number of hydrogen-bond acceptors (Lipinski definition) is 10. The fourth-order valence-corrected chi connectivity index (χ4v) is 6.45. The summed E-state index contributed by atoms with van der Waals surface area (Å²) in [4.78, 5) is 31.4. The average molecular weight is 705 g/mol. The number of anilines is 2. The Labute approximate surface area is 298 Å². The van der Waals surface area contributed by atoms with E-state index in [4.69, 9.17) is 28.4 Å². The highest BCUT2D eigenvalue weighted by Gasteiger charge is 2.31. The van der Waals surface area contributed by atoms with Crippen molar-refractivity contribution in [3.8, 4) is 28.7 Å². The molecule has 0 radical (unpaired) electrons. The third-order valence-electron chi connectivity index (χ3n) is 9.32. The van der Waals surface area contributed by atoms with E-state index in [2.05, 4.69) is 29.5 Å². The summed E-state index contributed by atoms with van der Waals surface area (Å²) >= 11 is 0. The highest BCUT2D eigenvalue weighted by atomic mass is 16.7. The summed E-state index contributed by atoms with van der Waals surface area (Å²) < 4.78 is 34.7. The van der Waals surface area contributed by atoms with E-state index >= 15 is 0 Å². The van der Waals surface area contributed by atoms with E-state index in [1.807, 2.05) is 32.0 Å². The van der Waals surface area contributed by atoms with Crippen LogP contribution >= 0.6 is 0 Å². The van der Waals surface area contributed by atoms with Gasteiger partial charge in [-0.05, 0) is 88.2 Å². The van der Waals surface area contributed by atoms with E-state index in [0.29, 0.717) is 60.4 Å². The van der Waals surface area contributed by atoms with Crippen molar-refractivity contribution in [2.24, 2.45) is 5.92 Å². The molecule has 3 aliphatic rings. The van der Waals surface area contributed by atoms with Crippen LogP contribution in [0.3, 0.4) is 0 Å². The minimum atomic E-state index is -0.490. The SMILES string of the molecule is C[C@H](CO)N1C[C@H](C)[C@@H](CN(C)Cc2ccc3c(c2)OCO3)OCCCC[C@H](C)Oc2ccc(NC(=O)Nc3ccc4c(c3)OCO4)cc2C1=O. The van der Waals surface area contributed by atoms with Gasteiger partial charge in [0.2, 0.25) is 13.6 Å². The molecule has 0 aliphatic carbocycles. The number of benzene rings is 3. The van der Waals surface area contributed by atoms with Crippen molar-refractivity contribution >= 4 is 23.3 Å². The van der Waals surface area contributed by atoms with Gasteiger partial charge in [0, 0.05) is 49.6 Å². The summed E-state index contributed by atoms with van der Waals surface area (Å²) in [6.45, 7) is 8.25. The van der Waals surface area contributed by atoms with Crippen LogP contribution in [0.15, 0.2) is 54.6 Å². The van der Waals surface area contributed by atoms with Crippen LogP contribution in [-0.4, -0.2) is 92.0 Å². The van der Waals surface area contributed by atoms with Gasteiger partial charge in [0.15, 0.2) is 23.0 Å². The van der Waals surface area contributed by atoms with Crippen molar-refractivity contribution < 1.29 is 43.1 Å². The zero-order valence-corrected chi connectivity index (χ0v) is 29.7. The average Bonchev–Trinajstić information content (AvgIpc) is 3.78. The number of carbonyl (C=O) groups excluding carboxylic acids is 2. The van der Waals surface area contributed by atoms with Crippen molar-refractivity contribution in [3.63, 3.8) is 0 Å². The number of nitrogens with zero attached hydrogens (tertiary/aromatic N) is 2. The third-order valence-corrected chi connectivity index (χ3v) is 9.32. The molecule has 0 bridgehead atoms. The van der Waals surface area contributed by atoms with E-state index < -0.39 is 12.1 Å². The molecule has 0 fully saturated rings. The molecule has 0 saturated heterocycles. The molecule has 0 unspecified atom stereocenters. The Hall–Kier alpha value is -4.72. The monoisotopic (exact) mass is 704 g/mol. The standard InChI is InChI=1S/C38H48N4O9/c1-24-18-42(25(2)21-43)37(44)30-16-28(39-38(45)40-29-10-13-33-35(17-29)50-23-48-33)9-12-31(30)51-26(3)7-5-6-14-46-36(24)20-41(4)19-27-8-11-32-34(15-27)49-22-47-32/h8-13,15-17,24-26,36,43H,5-7,14,18-23H2,1-4H3,(H2,39,40,45)/t24-,25+,26-,36+/m0/s1. The second-order valence-electron chi connectivity index (χ2n) is 13.5. The number of likely N-dealkylation sites (N-methyl/N-ethyl adjacent to an activating group) is 1. The quantitative estimate of drug-likeness (QED) is 0.267. The topological polar surface area (TPSA) is 140 Å². The maximum absolute atomic E-state index is 14.5. The van der Waals surface area contributed by atoms with Crippen LogP contribution in [0.25, 0.3) is 0 Å². The molecule has 3 amide bonds. The van der Waals surface area contributed by atoms with Crippen molar-refractivity contribution in [1.82, 2.24) is 9.80 Å². The van der Waals surface area contributed by atoms with Gasteiger partial charge in [0.1, 0.15) is 5.75 Å². The molecule has 13 nitrogen and oxygen atoms in total. The van der Waals surface area contributed by atoms with Crippen LogP contribution in [0.1, 0.15) is 56.0 Å². The van der Waals surface area contributed by atoms with Gasteiger partial charge in [-0.15, -0.1) is 0 Å². The van der Waals surface area contributed by atoms with Crippen LogP contribution in [0.5, 0.6) is 28.7 Å². The largest absolute Gasteiger partial charge is 0.490 e. The Morgan fingerprint density at radius 2 is 1.55 bits per heavy atom. The molecule has 0 spiro atoms. The van der Waals surface area contributed by atoms with Crippen molar-refractivity contribution in [1.29, 1.82) is 0 Å². The molecule has 6 rings (SSSR count). The maximum atomic E-state index is 14.5. The Kier molecular flexibility index (Phi) is 11.7. The summed E-state index contributed by atoms with van der Waals surface area (Å²) in [7, 11) is 2.05. The van der Waals surface area contributed by atoms with Crippen molar-refractivity contribution in [2.75, 3.05) is 57.6 Å². The lowest BCUT2D eigenvalue weighted by Gasteiger charge is -2.36. The van der Waals surface area contributed by atoms with Gasteiger partial charge >= 0.3 is 6.03 Å². The number of carbonyl (C=O) groups is 2. The molecule has 3 N–H and O–H groups in total. The molecule has 3 aromatic rings. The number of hydrogen-bond donors (Lipinski definition) is 3. The Balaban J connectivity index is 1.20. The number of urea groups is 1. The molecule has 51 heavy (non-hydrogen) atoms. The van der Waals surface area contributed by atoms with Crippen LogP contribution < -0.4 is 34.3 Å². The lowest BCUT2D eigenvalue weighted by atomic mass is 10.0. The van der Waals surface area contributed by atoms with Gasteiger partial charge in [-0.1, -0.05) is 13.0 Å². The smallest absolute Gasteiger partial charge is 0.323 e. The van der Waals surface area contributed by atoms with Gasteiger partial charge in [-0.3, -0.25) is 9.69 Å². The van der Waals surface area contributed by atoms with Gasteiger partial charge in [-0.2, -0.15) is 0 Å². The van der Waals surface area contributed by atoms with Crippen molar-refractivity contribution in [3.05, 3.63) is 65.7 Å². The van der Waals surface area contributed by atoms with E-state index in [9.17, 15) is 14.7 Å². The molecule has 3 aromatic carbocycles. The van der Waals surface area contributed by atoms with Crippen LogP contribution in [0, 0.1) is 5.92 Å². The van der Waals surface area contributed by atoms with Gasteiger partial charge in [-0.25, -0.2) is 4.79 Å². The maximum Gasteiger partial charge on any atom is 0.323 e. The lowest BCUT2D eigenvalue weighted by molar-refractivity contribution is -0.0177. The summed E-state index contributed by atoms with van der Waals surface area (Å²) in [6.07, 6.45) is 2.18. The summed E-state index contributed by atoms with van der Waals surface area (Å²) in [5.74, 6) is 2.69.